The Bertz CT molecular complexity index is 599. The molecule has 0 aromatic heterocycles. The van der Waals surface area contributed by atoms with Crippen LogP contribution in [0.5, 0.6) is 5.75 Å². The maximum absolute atomic E-state index is 12.7. The minimum Gasteiger partial charge on any atom is -0.494 e. The third-order valence-corrected chi connectivity index (χ3v) is 5.91. The van der Waals surface area contributed by atoms with Gasteiger partial charge in [-0.3, -0.25) is 4.79 Å². The van der Waals surface area contributed by atoms with Crippen molar-refractivity contribution >= 4 is 18.3 Å². The predicted molar refractivity (Wildman–Crippen MR) is 111 cm³/mol. The highest BCUT2D eigenvalue weighted by Gasteiger charge is 2.36. The summed E-state index contributed by atoms with van der Waals surface area (Å²) >= 11 is 0. The Morgan fingerprint density at radius 3 is 2.39 bits per heavy atom. The van der Waals surface area contributed by atoms with E-state index in [1.807, 2.05) is 19.1 Å². The molecule has 1 aromatic rings. The van der Waals surface area contributed by atoms with Gasteiger partial charge in [0.2, 0.25) is 5.91 Å². The monoisotopic (exact) mass is 412 g/mol. The van der Waals surface area contributed by atoms with Crippen molar-refractivity contribution in [3.63, 3.8) is 0 Å². The van der Waals surface area contributed by atoms with E-state index in [9.17, 15) is 4.79 Å². The summed E-state index contributed by atoms with van der Waals surface area (Å²) in [5.41, 5.74) is 7.33. The van der Waals surface area contributed by atoms with Gasteiger partial charge in [0.15, 0.2) is 0 Å². The quantitative estimate of drug-likeness (QED) is 0.718. The fourth-order valence-electron chi connectivity index (χ4n) is 4.06. The molecule has 6 nitrogen and oxygen atoms in total. The van der Waals surface area contributed by atoms with E-state index in [2.05, 4.69) is 17.4 Å². The molecule has 1 atom stereocenters. The summed E-state index contributed by atoms with van der Waals surface area (Å²) in [5.74, 6) is 1.02. The first-order valence-corrected chi connectivity index (χ1v) is 10.1. The van der Waals surface area contributed by atoms with Crippen molar-refractivity contribution in [2.24, 2.45) is 11.7 Å². The molecule has 0 bridgehead atoms. The molecular weight excluding hydrogens is 380 g/mol. The van der Waals surface area contributed by atoms with E-state index in [1.165, 1.54) is 5.56 Å². The highest BCUT2D eigenvalue weighted by molar-refractivity contribution is 5.85. The molecule has 1 amide bonds. The molecule has 1 unspecified atom stereocenters. The first kappa shape index (κ1) is 22.9. The SMILES string of the molecule is CCOc1ccc(C2(CNC(=O)C(N)C3CCOCC3)CCOCC2)cc1.Cl. The van der Waals surface area contributed by atoms with Crippen LogP contribution in [0, 0.1) is 5.92 Å². The Balaban J connectivity index is 0.00000280. The summed E-state index contributed by atoms with van der Waals surface area (Å²) in [6.07, 6.45) is 3.47. The molecule has 3 N–H and O–H groups in total. The van der Waals surface area contributed by atoms with Gasteiger partial charge in [0.25, 0.3) is 0 Å². The Morgan fingerprint density at radius 2 is 1.79 bits per heavy atom. The molecule has 7 heteroatoms. The molecule has 0 aliphatic carbocycles. The van der Waals surface area contributed by atoms with Crippen LogP contribution in [0.4, 0.5) is 0 Å². The van der Waals surface area contributed by atoms with Crippen molar-refractivity contribution in [3.8, 4) is 5.75 Å². The second-order valence-corrected chi connectivity index (χ2v) is 7.54. The summed E-state index contributed by atoms with van der Waals surface area (Å²) < 4.78 is 16.5. The molecule has 28 heavy (non-hydrogen) atoms. The van der Waals surface area contributed by atoms with Gasteiger partial charge in [-0.1, -0.05) is 12.1 Å². The van der Waals surface area contributed by atoms with E-state index in [1.54, 1.807) is 0 Å². The minimum absolute atomic E-state index is 0. The van der Waals surface area contributed by atoms with Gasteiger partial charge in [0.05, 0.1) is 12.6 Å². The highest BCUT2D eigenvalue weighted by atomic mass is 35.5. The van der Waals surface area contributed by atoms with Crippen molar-refractivity contribution in [3.05, 3.63) is 29.8 Å². The van der Waals surface area contributed by atoms with Crippen molar-refractivity contribution < 1.29 is 19.0 Å². The molecule has 158 valence electrons. The molecule has 1 aromatic carbocycles. The molecule has 2 aliphatic rings. The smallest absolute Gasteiger partial charge is 0.237 e. The maximum Gasteiger partial charge on any atom is 0.237 e. The zero-order valence-electron chi connectivity index (χ0n) is 16.7. The number of nitrogens with two attached hydrogens (primary N) is 1. The fourth-order valence-corrected chi connectivity index (χ4v) is 4.06. The Hall–Kier alpha value is -1.34. The number of hydrogen-bond acceptors (Lipinski definition) is 5. The van der Waals surface area contributed by atoms with Gasteiger partial charge in [-0.25, -0.2) is 0 Å². The van der Waals surface area contributed by atoms with Crippen LogP contribution in [0.2, 0.25) is 0 Å². The van der Waals surface area contributed by atoms with Gasteiger partial charge in [-0.15, -0.1) is 12.4 Å². The standard InChI is InChI=1S/C21H32N2O4.ClH/c1-2-27-18-5-3-17(4-6-18)21(9-13-26-14-10-21)15-23-20(24)19(22)16-7-11-25-12-8-16;/h3-6,16,19H,2,7-15,22H2,1H3,(H,23,24);1H. The molecule has 2 heterocycles. The number of amides is 1. The molecular formula is C21H33ClN2O4. The normalized spacial score (nSPS) is 20.6. The predicted octanol–water partition coefficient (Wildman–Crippen LogP) is 2.43. The Morgan fingerprint density at radius 1 is 1.18 bits per heavy atom. The van der Waals surface area contributed by atoms with E-state index in [4.69, 9.17) is 19.9 Å². The average molecular weight is 413 g/mol. The summed E-state index contributed by atoms with van der Waals surface area (Å²) in [6.45, 7) is 6.01. The molecule has 0 radical (unpaired) electrons. The molecule has 2 saturated heterocycles. The first-order valence-electron chi connectivity index (χ1n) is 10.1. The first-order chi connectivity index (χ1) is 13.1. The summed E-state index contributed by atoms with van der Waals surface area (Å²) in [4.78, 5) is 12.7. The van der Waals surface area contributed by atoms with E-state index >= 15 is 0 Å². The lowest BCUT2D eigenvalue weighted by molar-refractivity contribution is -0.124. The minimum atomic E-state index is -0.467. The van der Waals surface area contributed by atoms with E-state index in [-0.39, 0.29) is 29.6 Å². The molecule has 2 aliphatic heterocycles. The number of hydrogen-bond donors (Lipinski definition) is 2. The van der Waals surface area contributed by atoms with Gasteiger partial charge < -0.3 is 25.3 Å². The van der Waals surface area contributed by atoms with Crippen LogP contribution < -0.4 is 15.8 Å². The summed E-state index contributed by atoms with van der Waals surface area (Å²) in [6, 6.07) is 7.77. The second-order valence-electron chi connectivity index (χ2n) is 7.54. The summed E-state index contributed by atoms with van der Waals surface area (Å²) in [7, 11) is 0. The Kier molecular flexibility index (Phi) is 9.02. The van der Waals surface area contributed by atoms with Gasteiger partial charge in [-0.2, -0.15) is 0 Å². The van der Waals surface area contributed by atoms with E-state index < -0.39 is 6.04 Å². The van der Waals surface area contributed by atoms with Crippen molar-refractivity contribution in [2.45, 2.75) is 44.1 Å². The zero-order chi connectivity index (χ0) is 19.1. The van der Waals surface area contributed by atoms with Crippen LogP contribution in [-0.4, -0.2) is 51.5 Å². The Labute approximate surface area is 173 Å². The van der Waals surface area contributed by atoms with Gasteiger partial charge in [-0.05, 0) is 56.2 Å². The number of rotatable bonds is 7. The van der Waals surface area contributed by atoms with Crippen LogP contribution in [0.15, 0.2) is 24.3 Å². The molecule has 0 saturated carbocycles. The maximum atomic E-state index is 12.7. The summed E-state index contributed by atoms with van der Waals surface area (Å²) in [5, 5.41) is 3.14. The lowest BCUT2D eigenvalue weighted by atomic mass is 9.74. The van der Waals surface area contributed by atoms with Crippen LogP contribution in [0.25, 0.3) is 0 Å². The third-order valence-electron chi connectivity index (χ3n) is 5.91. The number of carbonyl (C=O) groups is 1. The molecule has 2 fully saturated rings. The van der Waals surface area contributed by atoms with Crippen LogP contribution in [0.1, 0.15) is 38.2 Å². The van der Waals surface area contributed by atoms with Crippen molar-refractivity contribution in [1.82, 2.24) is 5.32 Å². The lowest BCUT2D eigenvalue weighted by Crippen LogP contribution is -2.51. The van der Waals surface area contributed by atoms with E-state index in [0.29, 0.717) is 39.6 Å². The zero-order valence-corrected chi connectivity index (χ0v) is 17.5. The van der Waals surface area contributed by atoms with Crippen molar-refractivity contribution in [2.75, 3.05) is 39.6 Å². The topological polar surface area (TPSA) is 82.8 Å². The number of ether oxygens (including phenoxy) is 3. The second kappa shape index (κ2) is 11.0. The van der Waals surface area contributed by atoms with Crippen LogP contribution in [0.3, 0.4) is 0 Å². The molecule has 0 spiro atoms. The van der Waals surface area contributed by atoms with Crippen LogP contribution in [-0.2, 0) is 19.7 Å². The van der Waals surface area contributed by atoms with Gasteiger partial charge in [0, 0.05) is 38.4 Å². The lowest BCUT2D eigenvalue weighted by Gasteiger charge is -2.38. The average Bonchev–Trinajstić information content (AvgIpc) is 2.73. The molecule has 3 rings (SSSR count). The number of benzene rings is 1. The largest absolute Gasteiger partial charge is 0.494 e. The fraction of sp³-hybridized carbons (Fsp3) is 0.667. The van der Waals surface area contributed by atoms with Crippen LogP contribution >= 0.6 is 12.4 Å². The number of nitrogens with one attached hydrogen (secondary N) is 1. The van der Waals surface area contributed by atoms with Crippen molar-refractivity contribution in [1.29, 1.82) is 0 Å². The third kappa shape index (κ3) is 5.60. The highest BCUT2D eigenvalue weighted by Crippen LogP contribution is 2.35. The number of carbonyl (C=O) groups excluding carboxylic acids is 1. The van der Waals surface area contributed by atoms with Gasteiger partial charge in [0.1, 0.15) is 5.75 Å². The number of halogens is 1. The van der Waals surface area contributed by atoms with E-state index in [0.717, 1.165) is 31.4 Å². The van der Waals surface area contributed by atoms with Gasteiger partial charge >= 0.3 is 0 Å².